The molecule has 1 aliphatic rings. The van der Waals surface area contributed by atoms with E-state index in [0.29, 0.717) is 6.54 Å². The van der Waals surface area contributed by atoms with E-state index in [2.05, 4.69) is 10.3 Å². The summed E-state index contributed by atoms with van der Waals surface area (Å²) in [6.45, 7) is 0.490. The SMILES string of the molecule is Cl.Cl.O=C(O)C1CN(S(=O)(=O)c2cccnc2)CCN1. The molecule has 10 heteroatoms. The molecule has 1 aromatic heterocycles. The van der Waals surface area contributed by atoms with Crippen LogP contribution in [0.2, 0.25) is 0 Å². The van der Waals surface area contributed by atoms with Crippen molar-refractivity contribution in [3.8, 4) is 0 Å². The average molecular weight is 344 g/mol. The van der Waals surface area contributed by atoms with Crippen LogP contribution >= 0.6 is 24.8 Å². The van der Waals surface area contributed by atoms with Crippen LogP contribution < -0.4 is 5.32 Å². The molecule has 0 aromatic carbocycles. The largest absolute Gasteiger partial charge is 0.480 e. The van der Waals surface area contributed by atoms with E-state index in [1.165, 1.54) is 28.8 Å². The third kappa shape index (κ3) is 4.03. The number of hydrogen-bond donors (Lipinski definition) is 2. The van der Waals surface area contributed by atoms with Gasteiger partial charge in [0.2, 0.25) is 10.0 Å². The molecule has 7 nitrogen and oxygen atoms in total. The van der Waals surface area contributed by atoms with Gasteiger partial charge in [0.25, 0.3) is 0 Å². The van der Waals surface area contributed by atoms with E-state index in [9.17, 15) is 13.2 Å². The number of carbonyl (C=O) groups is 1. The quantitative estimate of drug-likeness (QED) is 0.799. The van der Waals surface area contributed by atoms with Crippen LogP contribution in [0.3, 0.4) is 0 Å². The minimum Gasteiger partial charge on any atom is -0.480 e. The maximum Gasteiger partial charge on any atom is 0.322 e. The Labute approximate surface area is 129 Å². The van der Waals surface area contributed by atoms with Crippen LogP contribution in [-0.4, -0.2) is 54.5 Å². The number of nitrogens with zero attached hydrogens (tertiary/aromatic N) is 2. The average Bonchev–Trinajstić information content (AvgIpc) is 2.40. The molecule has 2 rings (SSSR count). The number of piperazine rings is 1. The summed E-state index contributed by atoms with van der Waals surface area (Å²) < 4.78 is 25.6. The second-order valence-electron chi connectivity index (χ2n) is 3.90. The van der Waals surface area contributed by atoms with Gasteiger partial charge in [0.15, 0.2) is 0 Å². The van der Waals surface area contributed by atoms with Crippen LogP contribution in [0, 0.1) is 0 Å². The number of sulfonamides is 1. The Hall–Kier alpha value is -0.930. The molecule has 1 aromatic rings. The van der Waals surface area contributed by atoms with Crippen molar-refractivity contribution in [3.63, 3.8) is 0 Å². The lowest BCUT2D eigenvalue weighted by Gasteiger charge is -2.30. The van der Waals surface area contributed by atoms with Crippen molar-refractivity contribution in [1.82, 2.24) is 14.6 Å². The fourth-order valence-electron chi connectivity index (χ4n) is 1.76. The summed E-state index contributed by atoms with van der Waals surface area (Å²) in [5.41, 5.74) is 0. The molecule has 1 saturated heterocycles. The molecule has 0 bridgehead atoms. The van der Waals surface area contributed by atoms with Gasteiger partial charge in [-0.25, -0.2) is 8.42 Å². The molecule has 0 saturated carbocycles. The first-order chi connectivity index (χ1) is 8.51. The lowest BCUT2D eigenvalue weighted by Crippen LogP contribution is -2.55. The van der Waals surface area contributed by atoms with E-state index < -0.39 is 22.0 Å². The molecule has 2 heterocycles. The molecule has 0 radical (unpaired) electrons. The molecule has 1 aliphatic heterocycles. The summed E-state index contributed by atoms with van der Waals surface area (Å²) in [5, 5.41) is 11.6. The van der Waals surface area contributed by atoms with Crippen molar-refractivity contribution in [1.29, 1.82) is 0 Å². The Morgan fingerprint density at radius 1 is 1.45 bits per heavy atom. The fourth-order valence-corrected chi connectivity index (χ4v) is 3.18. The van der Waals surface area contributed by atoms with E-state index in [-0.39, 0.29) is 42.8 Å². The van der Waals surface area contributed by atoms with Gasteiger partial charge in [0.1, 0.15) is 10.9 Å². The molecule has 0 aliphatic carbocycles. The van der Waals surface area contributed by atoms with Gasteiger partial charge in [-0.1, -0.05) is 0 Å². The zero-order valence-electron chi connectivity index (χ0n) is 10.3. The zero-order valence-corrected chi connectivity index (χ0v) is 12.7. The zero-order chi connectivity index (χ0) is 13.2. The van der Waals surface area contributed by atoms with Gasteiger partial charge in [-0.15, -0.1) is 24.8 Å². The van der Waals surface area contributed by atoms with Crippen LogP contribution in [0.4, 0.5) is 0 Å². The summed E-state index contributed by atoms with van der Waals surface area (Å²) in [6, 6.07) is 2.11. The molecule has 1 atom stereocenters. The Bertz CT molecular complexity index is 541. The van der Waals surface area contributed by atoms with Gasteiger partial charge in [0.05, 0.1) is 0 Å². The highest BCUT2D eigenvalue weighted by Crippen LogP contribution is 2.15. The number of nitrogens with one attached hydrogen (secondary N) is 1. The second-order valence-corrected chi connectivity index (χ2v) is 5.83. The Morgan fingerprint density at radius 2 is 2.15 bits per heavy atom. The van der Waals surface area contributed by atoms with Gasteiger partial charge < -0.3 is 10.4 Å². The van der Waals surface area contributed by atoms with Crippen LogP contribution in [0.1, 0.15) is 0 Å². The molecule has 1 unspecified atom stereocenters. The molecule has 20 heavy (non-hydrogen) atoms. The van der Waals surface area contributed by atoms with Gasteiger partial charge >= 0.3 is 5.97 Å². The minimum atomic E-state index is -3.66. The third-order valence-corrected chi connectivity index (χ3v) is 4.56. The first kappa shape index (κ1) is 19.1. The Balaban J connectivity index is 0.00000180. The number of aromatic nitrogens is 1. The Kier molecular flexibility index (Phi) is 7.39. The lowest BCUT2D eigenvalue weighted by atomic mass is 10.2. The summed E-state index contributed by atoms with van der Waals surface area (Å²) in [5.74, 6) is -1.05. The van der Waals surface area contributed by atoms with Gasteiger partial charge in [-0.05, 0) is 12.1 Å². The number of carboxylic acids is 1. The van der Waals surface area contributed by atoms with E-state index in [4.69, 9.17) is 5.11 Å². The van der Waals surface area contributed by atoms with E-state index in [0.717, 1.165) is 0 Å². The minimum absolute atomic E-state index is 0. The maximum absolute atomic E-state index is 12.2. The molecular formula is C10H15Cl2N3O4S. The second kappa shape index (κ2) is 7.75. The lowest BCUT2D eigenvalue weighted by molar-refractivity contribution is -0.140. The highest BCUT2D eigenvalue weighted by molar-refractivity contribution is 7.89. The third-order valence-electron chi connectivity index (χ3n) is 2.71. The van der Waals surface area contributed by atoms with Crippen LogP contribution in [0.25, 0.3) is 0 Å². The van der Waals surface area contributed by atoms with Crippen LogP contribution in [0.15, 0.2) is 29.4 Å². The standard InChI is InChI=1S/C10H13N3O4S.2ClH/c14-10(15)9-7-13(5-4-12-9)18(16,17)8-2-1-3-11-6-8;;/h1-3,6,9,12H,4-5,7H2,(H,14,15);2*1H. The van der Waals surface area contributed by atoms with Crippen molar-refractivity contribution < 1.29 is 18.3 Å². The number of rotatable bonds is 3. The van der Waals surface area contributed by atoms with E-state index >= 15 is 0 Å². The monoisotopic (exact) mass is 343 g/mol. The van der Waals surface area contributed by atoms with Crippen molar-refractivity contribution in [2.45, 2.75) is 10.9 Å². The van der Waals surface area contributed by atoms with Crippen molar-refractivity contribution in [2.75, 3.05) is 19.6 Å². The predicted molar refractivity (Wildman–Crippen MR) is 76.9 cm³/mol. The number of hydrogen-bond acceptors (Lipinski definition) is 5. The number of aliphatic carboxylic acids is 1. The molecule has 2 N–H and O–H groups in total. The molecule has 1 fully saturated rings. The first-order valence-corrected chi connectivity index (χ1v) is 6.82. The van der Waals surface area contributed by atoms with Crippen LogP contribution in [0.5, 0.6) is 0 Å². The Morgan fingerprint density at radius 3 is 2.70 bits per heavy atom. The van der Waals surface area contributed by atoms with E-state index in [1.807, 2.05) is 0 Å². The molecular weight excluding hydrogens is 329 g/mol. The highest BCUT2D eigenvalue weighted by Gasteiger charge is 2.32. The summed E-state index contributed by atoms with van der Waals surface area (Å²) in [4.78, 5) is 14.7. The summed E-state index contributed by atoms with van der Waals surface area (Å²) in [6.07, 6.45) is 2.74. The maximum atomic E-state index is 12.2. The van der Waals surface area contributed by atoms with Crippen molar-refractivity contribution in [3.05, 3.63) is 24.5 Å². The van der Waals surface area contributed by atoms with Crippen molar-refractivity contribution >= 4 is 40.8 Å². The normalized spacial score (nSPS) is 19.5. The number of carboxylic acid groups (broad SMARTS) is 1. The summed E-state index contributed by atoms with van der Waals surface area (Å²) in [7, 11) is -3.66. The fraction of sp³-hybridized carbons (Fsp3) is 0.400. The van der Waals surface area contributed by atoms with E-state index in [1.54, 1.807) is 0 Å². The molecule has 0 amide bonds. The van der Waals surface area contributed by atoms with Crippen LogP contribution in [-0.2, 0) is 14.8 Å². The molecule has 0 spiro atoms. The molecule has 114 valence electrons. The smallest absolute Gasteiger partial charge is 0.322 e. The van der Waals surface area contributed by atoms with Gasteiger partial charge in [0, 0.05) is 32.0 Å². The van der Waals surface area contributed by atoms with Gasteiger partial charge in [-0.2, -0.15) is 4.31 Å². The highest BCUT2D eigenvalue weighted by atomic mass is 35.5. The summed E-state index contributed by atoms with van der Waals surface area (Å²) >= 11 is 0. The van der Waals surface area contributed by atoms with Crippen molar-refractivity contribution in [2.24, 2.45) is 0 Å². The van der Waals surface area contributed by atoms with Gasteiger partial charge in [-0.3, -0.25) is 9.78 Å². The number of halogens is 2. The predicted octanol–water partition coefficient (Wildman–Crippen LogP) is -0.0277. The number of pyridine rings is 1. The first-order valence-electron chi connectivity index (χ1n) is 5.38. The topological polar surface area (TPSA) is 99.6 Å².